The molecule has 2 aromatic heterocycles. The highest BCUT2D eigenvalue weighted by Gasteiger charge is 2.29. The molecule has 0 radical (unpaired) electrons. The van der Waals surface area contributed by atoms with Crippen LogP contribution in [0.2, 0.25) is 4.34 Å². The predicted molar refractivity (Wildman–Crippen MR) is 65.0 cm³/mol. The highest BCUT2D eigenvalue weighted by atomic mass is 35.5. The van der Waals surface area contributed by atoms with Crippen LogP contribution in [0.3, 0.4) is 0 Å². The van der Waals surface area contributed by atoms with E-state index in [9.17, 15) is 13.2 Å². The van der Waals surface area contributed by atoms with Gasteiger partial charge in [0.1, 0.15) is 11.8 Å². The van der Waals surface area contributed by atoms with Crippen molar-refractivity contribution in [2.45, 2.75) is 12.2 Å². The van der Waals surface area contributed by atoms with Gasteiger partial charge in [-0.2, -0.15) is 18.7 Å². The number of furan rings is 1. The van der Waals surface area contributed by atoms with Crippen LogP contribution in [0.4, 0.5) is 13.2 Å². The second-order valence-corrected chi connectivity index (χ2v) is 5.36. The molecule has 0 aromatic carbocycles. The van der Waals surface area contributed by atoms with Crippen LogP contribution in [0, 0.1) is 0 Å². The van der Waals surface area contributed by atoms with Gasteiger partial charge >= 0.3 is 6.18 Å². The lowest BCUT2D eigenvalue weighted by Crippen LogP contribution is -2.28. The Bertz CT molecular complexity index is 512. The number of halogens is 4. The van der Waals surface area contributed by atoms with Crippen molar-refractivity contribution in [3.63, 3.8) is 0 Å². The molecule has 0 saturated carbocycles. The number of thiophene rings is 1. The maximum atomic E-state index is 12.0. The van der Waals surface area contributed by atoms with Gasteiger partial charge in [-0.15, -0.1) is 11.3 Å². The average Bonchev–Trinajstić information content (AvgIpc) is 2.94. The minimum atomic E-state index is -4.40. The molecule has 2 aromatic rings. The Balaban J connectivity index is 2.08. The van der Waals surface area contributed by atoms with Crippen molar-refractivity contribution in [2.24, 2.45) is 0 Å². The zero-order valence-corrected chi connectivity index (χ0v) is 11.0. The fourth-order valence-electron chi connectivity index (χ4n) is 1.40. The fraction of sp³-hybridized carbons (Fsp3) is 0.273. The molecular formula is C11H9ClF3NO2S. The van der Waals surface area contributed by atoms with Gasteiger partial charge in [-0.05, 0) is 24.3 Å². The zero-order chi connectivity index (χ0) is 13.9. The zero-order valence-electron chi connectivity index (χ0n) is 9.41. The van der Waals surface area contributed by atoms with Gasteiger partial charge in [-0.3, -0.25) is 4.84 Å². The highest BCUT2D eigenvalue weighted by Crippen LogP contribution is 2.31. The van der Waals surface area contributed by atoms with E-state index in [1.165, 1.54) is 17.6 Å². The second kappa shape index (κ2) is 5.96. The van der Waals surface area contributed by atoms with Gasteiger partial charge in [0.2, 0.25) is 0 Å². The van der Waals surface area contributed by atoms with Crippen LogP contribution in [-0.2, 0) is 4.84 Å². The van der Waals surface area contributed by atoms with Crippen LogP contribution in [0.1, 0.15) is 16.7 Å². The lowest BCUT2D eigenvalue weighted by Gasteiger charge is -2.15. The third-order valence-corrected chi connectivity index (χ3v) is 3.44. The summed E-state index contributed by atoms with van der Waals surface area (Å²) < 4.78 is 41.9. The SMILES string of the molecule is FC(F)(F)CONC(c1ccco1)c1ccc(Cl)s1. The van der Waals surface area contributed by atoms with E-state index in [2.05, 4.69) is 10.3 Å². The van der Waals surface area contributed by atoms with E-state index in [0.717, 1.165) is 0 Å². The number of alkyl halides is 3. The number of hydrogen-bond donors (Lipinski definition) is 1. The molecule has 8 heteroatoms. The van der Waals surface area contributed by atoms with Crippen molar-refractivity contribution >= 4 is 22.9 Å². The molecule has 1 atom stereocenters. The summed E-state index contributed by atoms with van der Waals surface area (Å²) in [6.07, 6.45) is -2.96. The summed E-state index contributed by atoms with van der Waals surface area (Å²) in [5.74, 6) is 0.445. The summed E-state index contributed by atoms with van der Waals surface area (Å²) in [5, 5.41) is 0. The van der Waals surface area contributed by atoms with Crippen molar-refractivity contribution in [1.82, 2.24) is 5.48 Å². The maximum Gasteiger partial charge on any atom is 0.413 e. The van der Waals surface area contributed by atoms with E-state index in [-0.39, 0.29) is 0 Å². The van der Waals surface area contributed by atoms with Crippen LogP contribution in [-0.4, -0.2) is 12.8 Å². The van der Waals surface area contributed by atoms with E-state index < -0.39 is 18.8 Å². The van der Waals surface area contributed by atoms with E-state index >= 15 is 0 Å². The topological polar surface area (TPSA) is 34.4 Å². The van der Waals surface area contributed by atoms with Gasteiger partial charge in [0.25, 0.3) is 0 Å². The normalized spacial score (nSPS) is 13.7. The van der Waals surface area contributed by atoms with Crippen molar-refractivity contribution in [3.05, 3.63) is 45.5 Å². The highest BCUT2D eigenvalue weighted by molar-refractivity contribution is 7.16. The second-order valence-electron chi connectivity index (χ2n) is 3.61. The molecule has 3 nitrogen and oxygen atoms in total. The number of nitrogens with one attached hydrogen (secondary N) is 1. The lowest BCUT2D eigenvalue weighted by atomic mass is 10.2. The molecule has 2 heterocycles. The van der Waals surface area contributed by atoms with Crippen LogP contribution in [0.25, 0.3) is 0 Å². The predicted octanol–water partition coefficient (Wildman–Crippen LogP) is 4.17. The summed E-state index contributed by atoms with van der Waals surface area (Å²) in [4.78, 5) is 5.17. The van der Waals surface area contributed by atoms with E-state index in [4.69, 9.17) is 16.0 Å². The first-order valence-electron chi connectivity index (χ1n) is 5.18. The molecule has 0 aliphatic rings. The summed E-state index contributed by atoms with van der Waals surface area (Å²) in [5.41, 5.74) is 2.35. The van der Waals surface area contributed by atoms with Crippen LogP contribution < -0.4 is 5.48 Å². The van der Waals surface area contributed by atoms with Crippen molar-refractivity contribution in [2.75, 3.05) is 6.61 Å². The van der Waals surface area contributed by atoms with Gasteiger partial charge in [-0.25, -0.2) is 0 Å². The summed E-state index contributed by atoms with van der Waals surface area (Å²) in [7, 11) is 0. The van der Waals surface area contributed by atoms with Gasteiger partial charge < -0.3 is 4.42 Å². The first kappa shape index (κ1) is 14.4. The Morgan fingerprint density at radius 1 is 1.37 bits per heavy atom. The molecular weight excluding hydrogens is 303 g/mol. The molecule has 0 aliphatic heterocycles. The molecule has 0 fully saturated rings. The smallest absolute Gasteiger partial charge is 0.413 e. The summed E-state index contributed by atoms with van der Waals surface area (Å²) in [6, 6.07) is 6.01. The third-order valence-electron chi connectivity index (χ3n) is 2.14. The van der Waals surface area contributed by atoms with Gasteiger partial charge in [0.05, 0.1) is 10.6 Å². The minimum Gasteiger partial charge on any atom is -0.467 e. The molecule has 2 rings (SSSR count). The molecule has 19 heavy (non-hydrogen) atoms. The summed E-state index contributed by atoms with van der Waals surface area (Å²) in [6.45, 7) is -1.39. The van der Waals surface area contributed by atoms with Crippen LogP contribution in [0.5, 0.6) is 0 Å². The molecule has 1 N–H and O–H groups in total. The molecule has 0 bridgehead atoms. The average molecular weight is 312 g/mol. The monoisotopic (exact) mass is 311 g/mol. The van der Waals surface area contributed by atoms with Crippen molar-refractivity contribution in [1.29, 1.82) is 0 Å². The largest absolute Gasteiger partial charge is 0.467 e. The standard InChI is InChI=1S/C11H9ClF3NO2S/c12-9-4-3-8(19-9)10(7-2-1-5-17-7)16-18-6-11(13,14)15/h1-5,10,16H,6H2. The Labute approximate surface area is 115 Å². The molecule has 0 spiro atoms. The van der Waals surface area contributed by atoms with Gasteiger partial charge in [-0.1, -0.05) is 11.6 Å². The fourth-order valence-corrected chi connectivity index (χ4v) is 2.51. The van der Waals surface area contributed by atoms with Gasteiger partial charge in [0, 0.05) is 4.88 Å². The quantitative estimate of drug-likeness (QED) is 0.842. The Morgan fingerprint density at radius 3 is 2.68 bits per heavy atom. The van der Waals surface area contributed by atoms with Crippen LogP contribution in [0.15, 0.2) is 34.9 Å². The summed E-state index contributed by atoms with van der Waals surface area (Å²) >= 11 is 7.05. The molecule has 0 amide bonds. The van der Waals surface area contributed by atoms with Crippen molar-refractivity contribution in [3.8, 4) is 0 Å². The van der Waals surface area contributed by atoms with E-state index in [1.54, 1.807) is 24.3 Å². The lowest BCUT2D eigenvalue weighted by molar-refractivity contribution is -0.192. The third kappa shape index (κ3) is 4.24. The Hall–Kier alpha value is -1.02. The first-order chi connectivity index (χ1) is 8.96. The molecule has 0 saturated heterocycles. The molecule has 1 unspecified atom stereocenters. The molecule has 0 aliphatic carbocycles. The number of hydrogen-bond acceptors (Lipinski definition) is 4. The van der Waals surface area contributed by atoms with E-state index in [1.807, 2.05) is 0 Å². The maximum absolute atomic E-state index is 12.0. The van der Waals surface area contributed by atoms with Crippen molar-refractivity contribution < 1.29 is 22.4 Å². The molecule has 104 valence electrons. The number of hydroxylamine groups is 1. The number of rotatable bonds is 5. The minimum absolute atomic E-state index is 0.445. The first-order valence-corrected chi connectivity index (χ1v) is 6.38. The Kier molecular flexibility index (Phi) is 4.51. The van der Waals surface area contributed by atoms with Gasteiger partial charge in [0.15, 0.2) is 6.61 Å². The van der Waals surface area contributed by atoms with Crippen LogP contribution >= 0.6 is 22.9 Å². The Morgan fingerprint density at radius 2 is 2.16 bits per heavy atom. The van der Waals surface area contributed by atoms with E-state index in [0.29, 0.717) is 15.0 Å².